The molecule has 1 unspecified atom stereocenters. The van der Waals surface area contributed by atoms with E-state index >= 15 is 0 Å². The summed E-state index contributed by atoms with van der Waals surface area (Å²) in [5.41, 5.74) is -0.984. The number of alkyl halides is 1. The van der Waals surface area contributed by atoms with Gasteiger partial charge in [-0.1, -0.05) is 29.3 Å². The van der Waals surface area contributed by atoms with Crippen LogP contribution in [0.5, 0.6) is 0 Å². The Morgan fingerprint density at radius 3 is 2.65 bits per heavy atom. The van der Waals surface area contributed by atoms with Gasteiger partial charge < -0.3 is 4.57 Å². The Kier molecular flexibility index (Phi) is 5.32. The van der Waals surface area contributed by atoms with Crippen LogP contribution in [0.25, 0.3) is 0 Å². The summed E-state index contributed by atoms with van der Waals surface area (Å²) in [6.07, 6.45) is 3.84. The van der Waals surface area contributed by atoms with Crippen LogP contribution in [0.15, 0.2) is 21.7 Å². The number of aromatic nitrogens is 1. The van der Waals surface area contributed by atoms with Crippen molar-refractivity contribution in [2.75, 3.05) is 5.33 Å². The highest BCUT2D eigenvalue weighted by Gasteiger charge is 2.16. The number of nitro groups is 1. The fraction of sp³-hybridized carbons (Fsp3) is 0.500. The van der Waals surface area contributed by atoms with Crippen molar-refractivity contribution < 1.29 is 4.92 Å². The first-order valence-electron chi connectivity index (χ1n) is 5.09. The molecule has 0 aromatic carbocycles. The molecule has 0 N–H and O–H groups in total. The zero-order valence-electron chi connectivity index (χ0n) is 9.23. The molecule has 0 saturated carbocycles. The van der Waals surface area contributed by atoms with Crippen LogP contribution >= 0.6 is 31.9 Å². The van der Waals surface area contributed by atoms with Crippen LogP contribution in [0.3, 0.4) is 0 Å². The van der Waals surface area contributed by atoms with Crippen LogP contribution in [0.1, 0.15) is 13.3 Å². The van der Waals surface area contributed by atoms with E-state index in [9.17, 15) is 14.9 Å². The van der Waals surface area contributed by atoms with Gasteiger partial charge in [0, 0.05) is 18.1 Å². The Morgan fingerprint density at radius 2 is 2.18 bits per heavy atom. The molecule has 0 aliphatic carbocycles. The number of halogens is 2. The molecule has 1 aromatic heterocycles. The lowest BCUT2D eigenvalue weighted by Gasteiger charge is -2.14. The highest BCUT2D eigenvalue weighted by molar-refractivity contribution is 9.10. The van der Waals surface area contributed by atoms with Gasteiger partial charge in [-0.2, -0.15) is 0 Å². The van der Waals surface area contributed by atoms with Crippen LogP contribution < -0.4 is 5.43 Å². The Balaban J connectivity index is 3.10. The molecule has 5 nitrogen and oxygen atoms in total. The van der Waals surface area contributed by atoms with Gasteiger partial charge in [-0.3, -0.25) is 14.9 Å². The average molecular weight is 368 g/mol. The SMILES string of the molecule is CCC(CBr)Cn1cc(Br)c(=O)c([N+](=O)[O-])c1. The van der Waals surface area contributed by atoms with Crippen molar-refractivity contribution in [2.24, 2.45) is 5.92 Å². The third kappa shape index (κ3) is 3.64. The van der Waals surface area contributed by atoms with Gasteiger partial charge in [0.25, 0.3) is 5.43 Å². The largest absolute Gasteiger partial charge is 0.347 e. The van der Waals surface area contributed by atoms with Gasteiger partial charge >= 0.3 is 5.69 Å². The van der Waals surface area contributed by atoms with Crippen molar-refractivity contribution in [1.29, 1.82) is 0 Å². The summed E-state index contributed by atoms with van der Waals surface area (Å²) in [4.78, 5) is 21.5. The summed E-state index contributed by atoms with van der Waals surface area (Å²) in [5.74, 6) is 0.379. The second-order valence-corrected chi connectivity index (χ2v) is 5.20. The molecule has 0 aliphatic rings. The molecule has 0 radical (unpaired) electrons. The molecule has 1 rings (SSSR count). The maximum absolute atomic E-state index is 11.5. The van der Waals surface area contributed by atoms with E-state index in [0.29, 0.717) is 12.5 Å². The molecule has 0 saturated heterocycles. The normalized spacial score (nSPS) is 12.4. The molecule has 17 heavy (non-hydrogen) atoms. The fourth-order valence-corrected chi connectivity index (χ4v) is 2.53. The van der Waals surface area contributed by atoms with Crippen LogP contribution in [-0.2, 0) is 6.54 Å². The third-order valence-corrected chi connectivity index (χ3v) is 3.96. The van der Waals surface area contributed by atoms with Crippen LogP contribution in [0.4, 0.5) is 5.69 Å². The summed E-state index contributed by atoms with van der Waals surface area (Å²) in [5, 5.41) is 11.5. The second-order valence-electron chi connectivity index (χ2n) is 3.70. The zero-order valence-corrected chi connectivity index (χ0v) is 12.4. The van der Waals surface area contributed by atoms with E-state index in [1.165, 1.54) is 6.20 Å². The molecule has 7 heteroatoms. The van der Waals surface area contributed by atoms with Crippen molar-refractivity contribution >= 4 is 37.5 Å². The molecule has 0 amide bonds. The lowest BCUT2D eigenvalue weighted by atomic mass is 10.1. The van der Waals surface area contributed by atoms with Crippen molar-refractivity contribution in [2.45, 2.75) is 19.9 Å². The Morgan fingerprint density at radius 1 is 1.53 bits per heavy atom. The third-order valence-electron chi connectivity index (χ3n) is 2.48. The van der Waals surface area contributed by atoms with E-state index in [0.717, 1.165) is 11.8 Å². The van der Waals surface area contributed by atoms with Crippen molar-refractivity contribution in [3.05, 3.63) is 37.2 Å². The molecule has 94 valence electrons. The Hall–Kier alpha value is -0.690. The fourth-order valence-electron chi connectivity index (χ4n) is 1.40. The standard InChI is InChI=1S/C10H12Br2N2O3/c1-2-7(3-11)4-13-5-8(12)10(15)9(6-13)14(16)17/h5-7H,2-4H2,1H3. The highest BCUT2D eigenvalue weighted by atomic mass is 79.9. The van der Waals surface area contributed by atoms with Gasteiger partial charge in [-0.15, -0.1) is 0 Å². The maximum Gasteiger partial charge on any atom is 0.333 e. The van der Waals surface area contributed by atoms with Gasteiger partial charge in [0.2, 0.25) is 0 Å². The molecule has 1 atom stereocenters. The minimum absolute atomic E-state index is 0.219. The van der Waals surface area contributed by atoms with E-state index in [1.807, 2.05) is 0 Å². The Bertz CT molecular complexity index is 469. The van der Waals surface area contributed by atoms with Crippen molar-refractivity contribution in [1.82, 2.24) is 4.57 Å². The highest BCUT2D eigenvalue weighted by Crippen LogP contribution is 2.15. The Labute approximate surface area is 115 Å². The topological polar surface area (TPSA) is 65.1 Å². The van der Waals surface area contributed by atoms with E-state index in [4.69, 9.17) is 0 Å². The lowest BCUT2D eigenvalue weighted by Crippen LogP contribution is -2.17. The quantitative estimate of drug-likeness (QED) is 0.456. The van der Waals surface area contributed by atoms with E-state index in [2.05, 4.69) is 38.8 Å². The first-order chi connectivity index (χ1) is 7.99. The average Bonchev–Trinajstić information content (AvgIpc) is 2.29. The number of nitrogens with zero attached hydrogens (tertiary/aromatic N) is 2. The molecule has 0 bridgehead atoms. The van der Waals surface area contributed by atoms with Crippen LogP contribution in [-0.4, -0.2) is 14.8 Å². The first kappa shape index (κ1) is 14.4. The molecule has 1 heterocycles. The molecule has 0 aliphatic heterocycles. The summed E-state index contributed by atoms with van der Waals surface area (Å²) in [6, 6.07) is 0. The zero-order chi connectivity index (χ0) is 13.0. The number of hydrogen-bond acceptors (Lipinski definition) is 3. The molecular weight excluding hydrogens is 356 g/mol. The number of hydrogen-bond donors (Lipinski definition) is 0. The number of rotatable bonds is 5. The first-order valence-corrected chi connectivity index (χ1v) is 7.01. The molecular formula is C10H12Br2N2O3. The summed E-state index contributed by atoms with van der Waals surface area (Å²) in [6.45, 7) is 2.69. The van der Waals surface area contributed by atoms with Gasteiger partial charge in [0.05, 0.1) is 15.6 Å². The van der Waals surface area contributed by atoms with E-state index in [-0.39, 0.29) is 4.47 Å². The van der Waals surface area contributed by atoms with Gasteiger partial charge in [-0.25, -0.2) is 0 Å². The molecule has 0 spiro atoms. The minimum atomic E-state index is -0.654. The number of pyridine rings is 1. The van der Waals surface area contributed by atoms with E-state index < -0.39 is 16.0 Å². The smallest absolute Gasteiger partial charge is 0.333 e. The van der Waals surface area contributed by atoms with E-state index in [1.54, 1.807) is 10.8 Å². The predicted octanol–water partition coefficient (Wildman–Crippen LogP) is 2.94. The van der Waals surface area contributed by atoms with Gasteiger partial charge in [0.1, 0.15) is 0 Å². The minimum Gasteiger partial charge on any atom is -0.347 e. The van der Waals surface area contributed by atoms with Crippen LogP contribution in [0, 0.1) is 16.0 Å². The van der Waals surface area contributed by atoms with Gasteiger partial charge in [-0.05, 0) is 21.8 Å². The summed E-state index contributed by atoms with van der Waals surface area (Å²) < 4.78 is 1.90. The summed E-state index contributed by atoms with van der Waals surface area (Å²) >= 11 is 6.44. The van der Waals surface area contributed by atoms with Crippen LogP contribution in [0.2, 0.25) is 0 Å². The van der Waals surface area contributed by atoms with Gasteiger partial charge in [0.15, 0.2) is 0 Å². The summed E-state index contributed by atoms with van der Waals surface area (Å²) in [7, 11) is 0. The molecule has 1 aromatic rings. The maximum atomic E-state index is 11.5. The van der Waals surface area contributed by atoms with Crippen molar-refractivity contribution in [3.63, 3.8) is 0 Å². The van der Waals surface area contributed by atoms with Crippen molar-refractivity contribution in [3.8, 4) is 0 Å². The monoisotopic (exact) mass is 366 g/mol. The predicted molar refractivity (Wildman–Crippen MR) is 72.6 cm³/mol. The second kappa shape index (κ2) is 6.30. The lowest BCUT2D eigenvalue weighted by molar-refractivity contribution is -0.386. The molecule has 0 fully saturated rings.